The predicted molar refractivity (Wildman–Crippen MR) is 117 cm³/mol. The third-order valence-corrected chi connectivity index (χ3v) is 5.23. The van der Waals surface area contributed by atoms with Crippen LogP contribution < -0.4 is 16.0 Å². The van der Waals surface area contributed by atoms with Gasteiger partial charge in [-0.25, -0.2) is 4.79 Å². The molecule has 0 saturated heterocycles. The Morgan fingerprint density at radius 3 is 2.06 bits per heavy atom. The number of rotatable bonds is 9. The average Bonchev–Trinajstić information content (AvgIpc) is 3.11. The first kappa shape index (κ1) is 23.7. The number of carbonyl (C=O) groups is 4. The number of benzene rings is 2. The normalized spacial score (nSPS) is 13.8. The smallest absolute Gasteiger partial charge is 0.407 e. The molecule has 0 bridgehead atoms. The summed E-state index contributed by atoms with van der Waals surface area (Å²) in [6.45, 7) is 0.196. The average molecular weight is 455 g/mol. The van der Waals surface area contributed by atoms with Gasteiger partial charge in [0.05, 0.1) is 6.10 Å². The molecule has 2 atom stereocenters. The van der Waals surface area contributed by atoms with E-state index in [9.17, 15) is 24.3 Å². The minimum atomic E-state index is -1.37. The highest BCUT2D eigenvalue weighted by Crippen LogP contribution is 2.44. The second-order valence-electron chi connectivity index (χ2n) is 7.58. The van der Waals surface area contributed by atoms with Crippen molar-refractivity contribution in [3.05, 3.63) is 59.7 Å². The van der Waals surface area contributed by atoms with Crippen molar-refractivity contribution >= 4 is 23.9 Å². The largest absolute Gasteiger partial charge is 0.480 e. The van der Waals surface area contributed by atoms with Crippen molar-refractivity contribution in [3.8, 4) is 11.1 Å². The van der Waals surface area contributed by atoms with E-state index in [1.165, 1.54) is 6.92 Å². The van der Waals surface area contributed by atoms with Crippen LogP contribution >= 0.6 is 0 Å². The number of amides is 3. The Bertz CT molecular complexity index is 1010. The number of carbonyl (C=O) groups excluding carboxylic acids is 3. The van der Waals surface area contributed by atoms with Crippen LogP contribution in [0, 0.1) is 0 Å². The third-order valence-electron chi connectivity index (χ3n) is 5.23. The van der Waals surface area contributed by atoms with Crippen molar-refractivity contribution in [2.24, 2.45) is 0 Å². The zero-order chi connectivity index (χ0) is 24.0. The Kier molecular flexibility index (Phi) is 7.62. The van der Waals surface area contributed by atoms with Crippen LogP contribution in [-0.4, -0.2) is 65.9 Å². The van der Waals surface area contributed by atoms with Gasteiger partial charge in [-0.1, -0.05) is 48.5 Å². The molecule has 0 unspecified atom stereocenters. The number of alkyl carbamates (subject to hydrolysis) is 1. The van der Waals surface area contributed by atoms with Gasteiger partial charge in [0, 0.05) is 5.92 Å². The summed E-state index contributed by atoms with van der Waals surface area (Å²) in [5.41, 5.74) is 4.28. The van der Waals surface area contributed by atoms with E-state index < -0.39 is 49.1 Å². The summed E-state index contributed by atoms with van der Waals surface area (Å²) >= 11 is 0. The Balaban J connectivity index is 1.51. The molecular weight excluding hydrogens is 430 g/mol. The van der Waals surface area contributed by atoms with Crippen LogP contribution in [0.3, 0.4) is 0 Å². The molecule has 3 amide bonds. The molecule has 5 N–H and O–H groups in total. The highest BCUT2D eigenvalue weighted by Gasteiger charge is 2.29. The van der Waals surface area contributed by atoms with Gasteiger partial charge in [-0.2, -0.15) is 0 Å². The van der Waals surface area contributed by atoms with Crippen LogP contribution in [0.4, 0.5) is 4.79 Å². The standard InChI is InChI=1S/C23H25N3O7/c1-13(27)21(22(31)24-11-20(29)30)26-19(28)10-25-23(32)33-12-18-16-8-4-2-6-14(16)15-7-3-5-9-17(15)18/h2-9,13,18,21,27H,10-12H2,1H3,(H,24,31)(H,25,32)(H,26,28)(H,29,30)/t13-,21+/m1/s1. The molecule has 174 valence electrons. The highest BCUT2D eigenvalue weighted by molar-refractivity contribution is 5.91. The number of hydrogen-bond acceptors (Lipinski definition) is 6. The number of carboxylic acids is 1. The monoisotopic (exact) mass is 455 g/mol. The summed E-state index contributed by atoms with van der Waals surface area (Å²) in [5.74, 6) is -3.01. The number of aliphatic carboxylic acids is 1. The van der Waals surface area contributed by atoms with Crippen LogP contribution in [-0.2, 0) is 19.1 Å². The SMILES string of the molecule is C[C@@H](O)[C@H](NC(=O)CNC(=O)OCC1c2ccccc2-c2ccccc21)C(=O)NCC(=O)O. The molecule has 0 radical (unpaired) electrons. The maximum atomic E-state index is 12.2. The Hall–Kier alpha value is -3.92. The zero-order valence-corrected chi connectivity index (χ0v) is 17.9. The predicted octanol–water partition coefficient (Wildman–Crippen LogP) is 0.592. The summed E-state index contributed by atoms with van der Waals surface area (Å²) in [4.78, 5) is 46.8. The second kappa shape index (κ2) is 10.6. The van der Waals surface area contributed by atoms with Gasteiger partial charge in [-0.05, 0) is 29.2 Å². The van der Waals surface area contributed by atoms with Crippen LogP contribution in [0.5, 0.6) is 0 Å². The van der Waals surface area contributed by atoms with Crippen molar-refractivity contribution in [3.63, 3.8) is 0 Å². The highest BCUT2D eigenvalue weighted by atomic mass is 16.5. The molecule has 33 heavy (non-hydrogen) atoms. The van der Waals surface area contributed by atoms with Crippen molar-refractivity contribution < 1.29 is 34.1 Å². The van der Waals surface area contributed by atoms with E-state index in [0.29, 0.717) is 0 Å². The summed E-state index contributed by atoms with van der Waals surface area (Å²) in [6, 6.07) is 14.4. The van der Waals surface area contributed by atoms with Crippen molar-refractivity contribution in [1.82, 2.24) is 16.0 Å². The van der Waals surface area contributed by atoms with Gasteiger partial charge in [0.2, 0.25) is 11.8 Å². The summed E-state index contributed by atoms with van der Waals surface area (Å²) in [7, 11) is 0. The minimum absolute atomic E-state index is 0.0787. The number of ether oxygens (including phenoxy) is 1. The van der Waals surface area contributed by atoms with E-state index in [4.69, 9.17) is 9.84 Å². The van der Waals surface area contributed by atoms with Crippen molar-refractivity contribution in [1.29, 1.82) is 0 Å². The second-order valence-corrected chi connectivity index (χ2v) is 7.58. The number of aliphatic hydroxyl groups is 1. The van der Waals surface area contributed by atoms with Crippen molar-refractivity contribution in [2.75, 3.05) is 19.7 Å². The first-order valence-electron chi connectivity index (χ1n) is 10.3. The fourth-order valence-corrected chi connectivity index (χ4v) is 3.70. The fourth-order valence-electron chi connectivity index (χ4n) is 3.70. The molecule has 0 aliphatic heterocycles. The Morgan fingerprint density at radius 1 is 0.939 bits per heavy atom. The molecule has 0 fully saturated rings. The topological polar surface area (TPSA) is 154 Å². The van der Waals surface area contributed by atoms with Crippen molar-refractivity contribution in [2.45, 2.75) is 25.0 Å². The number of carboxylic acid groups (broad SMARTS) is 1. The molecule has 10 heteroatoms. The maximum Gasteiger partial charge on any atom is 0.407 e. The van der Waals surface area contributed by atoms with Gasteiger partial charge in [-0.15, -0.1) is 0 Å². The molecule has 2 aromatic rings. The van der Waals surface area contributed by atoms with E-state index in [1.54, 1.807) is 0 Å². The van der Waals surface area contributed by atoms with E-state index in [-0.39, 0.29) is 12.5 Å². The lowest BCUT2D eigenvalue weighted by molar-refractivity contribution is -0.139. The van der Waals surface area contributed by atoms with Crippen LogP contribution in [0.15, 0.2) is 48.5 Å². The van der Waals surface area contributed by atoms with E-state index in [0.717, 1.165) is 22.3 Å². The van der Waals surface area contributed by atoms with Gasteiger partial charge >= 0.3 is 12.1 Å². The van der Waals surface area contributed by atoms with Crippen LogP contribution in [0.25, 0.3) is 11.1 Å². The first-order valence-corrected chi connectivity index (χ1v) is 10.3. The summed E-state index contributed by atoms with van der Waals surface area (Å²) in [5, 5.41) is 25.0. The number of hydrogen-bond donors (Lipinski definition) is 5. The lowest BCUT2D eigenvalue weighted by Gasteiger charge is -2.20. The first-order chi connectivity index (χ1) is 15.8. The molecule has 10 nitrogen and oxygen atoms in total. The van der Waals surface area contributed by atoms with Gasteiger partial charge in [0.1, 0.15) is 25.7 Å². The lowest BCUT2D eigenvalue weighted by Crippen LogP contribution is -2.54. The van der Waals surface area contributed by atoms with Gasteiger partial charge in [0.25, 0.3) is 0 Å². The molecule has 3 rings (SSSR count). The number of aliphatic hydroxyl groups excluding tert-OH is 1. The minimum Gasteiger partial charge on any atom is -0.480 e. The zero-order valence-electron chi connectivity index (χ0n) is 17.9. The molecule has 1 aliphatic carbocycles. The summed E-state index contributed by atoms with van der Waals surface area (Å²) in [6.07, 6.45) is -2.09. The Labute approximate surface area is 189 Å². The molecule has 0 saturated carbocycles. The quantitative estimate of drug-likeness (QED) is 0.371. The molecule has 2 aromatic carbocycles. The van der Waals surface area contributed by atoms with Crippen LogP contribution in [0.2, 0.25) is 0 Å². The third kappa shape index (κ3) is 5.86. The maximum absolute atomic E-state index is 12.2. The molecular formula is C23H25N3O7. The molecule has 0 heterocycles. The van der Waals surface area contributed by atoms with Crippen LogP contribution in [0.1, 0.15) is 24.0 Å². The summed E-state index contributed by atoms with van der Waals surface area (Å²) < 4.78 is 5.33. The molecule has 1 aliphatic rings. The number of nitrogens with one attached hydrogen (secondary N) is 3. The van der Waals surface area contributed by atoms with Gasteiger partial charge < -0.3 is 30.9 Å². The Morgan fingerprint density at radius 2 is 1.52 bits per heavy atom. The number of fused-ring (bicyclic) bond motifs is 3. The fraction of sp³-hybridized carbons (Fsp3) is 0.304. The lowest BCUT2D eigenvalue weighted by atomic mass is 9.98. The van der Waals surface area contributed by atoms with Gasteiger partial charge in [0.15, 0.2) is 0 Å². The molecule has 0 spiro atoms. The van der Waals surface area contributed by atoms with Gasteiger partial charge in [-0.3, -0.25) is 14.4 Å². The van der Waals surface area contributed by atoms with E-state index >= 15 is 0 Å². The van der Waals surface area contributed by atoms with E-state index in [2.05, 4.69) is 16.0 Å². The van der Waals surface area contributed by atoms with E-state index in [1.807, 2.05) is 48.5 Å². The molecule has 0 aromatic heterocycles.